The van der Waals surface area contributed by atoms with Gasteiger partial charge in [-0.05, 0) is 25.7 Å². The summed E-state index contributed by atoms with van der Waals surface area (Å²) in [5, 5.41) is 10.1. The third kappa shape index (κ3) is 13.0. The van der Waals surface area contributed by atoms with Gasteiger partial charge in [0.15, 0.2) is 0 Å². The van der Waals surface area contributed by atoms with Crippen molar-refractivity contribution in [3.05, 3.63) is 0 Å². The second-order valence-electron chi connectivity index (χ2n) is 4.57. The predicted octanol–water partition coefficient (Wildman–Crippen LogP) is 2.20. The first kappa shape index (κ1) is 16.9. The van der Waals surface area contributed by atoms with Crippen molar-refractivity contribution in [3.8, 4) is 0 Å². The topological polar surface area (TPSA) is 66.4 Å². The Kier molecular flexibility index (Phi) is 11.7. The molecule has 0 aliphatic carbocycles. The smallest absolute Gasteiger partial charge is 0.305 e. The highest BCUT2D eigenvalue weighted by Crippen LogP contribution is 2.06. The maximum absolute atomic E-state index is 11.2. The Morgan fingerprint density at radius 1 is 0.889 bits per heavy atom. The van der Waals surface area contributed by atoms with Gasteiger partial charge in [0, 0.05) is 12.4 Å². The molecular weight excluding hydrogens is 232 g/mol. The van der Waals surface area contributed by atoms with Crippen molar-refractivity contribution >= 4 is 11.9 Å². The summed E-state index contributed by atoms with van der Waals surface area (Å²) in [5.74, 6) is -1.28. The summed E-state index contributed by atoms with van der Waals surface area (Å²) in [6, 6.07) is 0. The molecule has 0 saturated heterocycles. The van der Waals surface area contributed by atoms with Gasteiger partial charge in [0.1, 0.15) is 0 Å². The molecule has 0 rings (SSSR count). The lowest BCUT2D eigenvalue weighted by atomic mass is 10.1. The van der Waals surface area contributed by atoms with E-state index >= 15 is 0 Å². The number of rotatable bonds is 12. The molecule has 0 aliphatic heterocycles. The average molecular weight is 257 g/mol. The van der Waals surface area contributed by atoms with Crippen LogP contribution in [0.25, 0.3) is 0 Å². The van der Waals surface area contributed by atoms with Crippen LogP contribution in [-0.2, 0) is 14.3 Å². The van der Waals surface area contributed by atoms with E-state index in [-0.39, 0.29) is 12.4 Å². The van der Waals surface area contributed by atoms with Gasteiger partial charge >= 0.3 is 5.97 Å². The van der Waals surface area contributed by atoms with Crippen LogP contribution in [0.5, 0.6) is 0 Å². The van der Waals surface area contributed by atoms with Crippen LogP contribution in [0.2, 0.25) is 0 Å². The lowest BCUT2D eigenvalue weighted by Crippen LogP contribution is -2.21. The van der Waals surface area contributed by atoms with Crippen molar-refractivity contribution in [2.24, 2.45) is 0 Å². The van der Waals surface area contributed by atoms with Crippen molar-refractivity contribution < 1.29 is 19.4 Å². The van der Waals surface area contributed by atoms with Gasteiger partial charge in [-0.1, -0.05) is 39.0 Å². The van der Waals surface area contributed by atoms with E-state index < -0.39 is 5.97 Å². The van der Waals surface area contributed by atoms with E-state index in [4.69, 9.17) is 4.74 Å². The zero-order chi connectivity index (χ0) is 13.6. The van der Waals surface area contributed by atoms with E-state index in [1.54, 1.807) is 0 Å². The lowest BCUT2D eigenvalue weighted by molar-refractivity contribution is -0.305. The minimum Gasteiger partial charge on any atom is -0.550 e. The van der Waals surface area contributed by atoms with Gasteiger partial charge in [-0.3, -0.25) is 4.79 Å². The van der Waals surface area contributed by atoms with E-state index in [1.165, 1.54) is 25.7 Å². The first-order valence-corrected chi connectivity index (χ1v) is 7.02. The van der Waals surface area contributed by atoms with Crippen LogP contribution in [0.4, 0.5) is 0 Å². The molecule has 0 atom stereocenters. The molecule has 0 aromatic rings. The largest absolute Gasteiger partial charge is 0.550 e. The third-order valence-electron chi connectivity index (χ3n) is 2.77. The summed E-state index contributed by atoms with van der Waals surface area (Å²) in [7, 11) is 0. The van der Waals surface area contributed by atoms with Crippen molar-refractivity contribution in [2.75, 3.05) is 6.61 Å². The van der Waals surface area contributed by atoms with Gasteiger partial charge in [-0.15, -0.1) is 0 Å². The Hall–Kier alpha value is -1.06. The highest BCUT2D eigenvalue weighted by Gasteiger charge is 2.02. The van der Waals surface area contributed by atoms with Gasteiger partial charge < -0.3 is 14.6 Å². The van der Waals surface area contributed by atoms with Crippen LogP contribution in [0.15, 0.2) is 0 Å². The Morgan fingerprint density at radius 3 is 2.17 bits per heavy atom. The van der Waals surface area contributed by atoms with E-state index in [0.29, 0.717) is 25.9 Å². The molecule has 0 unspecified atom stereocenters. The van der Waals surface area contributed by atoms with Crippen molar-refractivity contribution in [1.82, 2.24) is 0 Å². The Morgan fingerprint density at radius 2 is 1.50 bits per heavy atom. The Bertz CT molecular complexity index is 226. The quantitative estimate of drug-likeness (QED) is 0.397. The fraction of sp³-hybridized carbons (Fsp3) is 0.857. The Balaban J connectivity index is 3.19. The molecule has 18 heavy (non-hydrogen) atoms. The van der Waals surface area contributed by atoms with Crippen LogP contribution >= 0.6 is 0 Å². The molecular formula is C14H25O4-. The fourth-order valence-corrected chi connectivity index (χ4v) is 1.68. The molecule has 0 spiro atoms. The van der Waals surface area contributed by atoms with Crippen LogP contribution in [0, 0.1) is 0 Å². The molecule has 0 bridgehead atoms. The molecule has 0 radical (unpaired) electrons. The summed E-state index contributed by atoms with van der Waals surface area (Å²) in [6.45, 7) is 2.67. The number of hydrogen-bond donors (Lipinski definition) is 0. The molecule has 0 saturated carbocycles. The van der Waals surface area contributed by atoms with Crippen LogP contribution in [-0.4, -0.2) is 18.5 Å². The number of hydrogen-bond acceptors (Lipinski definition) is 4. The minimum atomic E-state index is -1.06. The van der Waals surface area contributed by atoms with Crippen LogP contribution in [0.3, 0.4) is 0 Å². The van der Waals surface area contributed by atoms with E-state index in [9.17, 15) is 14.7 Å². The number of carbonyl (C=O) groups excluding carboxylic acids is 2. The van der Waals surface area contributed by atoms with Gasteiger partial charge in [0.25, 0.3) is 0 Å². The number of carboxylic acid groups (broad SMARTS) is 1. The molecule has 4 nitrogen and oxygen atoms in total. The minimum absolute atomic E-state index is 0.0186. The number of aliphatic carboxylic acids is 1. The number of unbranched alkanes of at least 4 members (excludes halogenated alkanes) is 6. The monoisotopic (exact) mass is 257 g/mol. The van der Waals surface area contributed by atoms with Gasteiger partial charge in [-0.25, -0.2) is 0 Å². The maximum Gasteiger partial charge on any atom is 0.305 e. The van der Waals surface area contributed by atoms with Crippen molar-refractivity contribution in [2.45, 2.75) is 71.1 Å². The lowest BCUT2D eigenvalue weighted by Gasteiger charge is -2.05. The third-order valence-corrected chi connectivity index (χ3v) is 2.77. The normalized spacial score (nSPS) is 10.3. The molecule has 0 amide bonds. The zero-order valence-electron chi connectivity index (χ0n) is 11.4. The second-order valence-corrected chi connectivity index (χ2v) is 4.57. The molecule has 0 aliphatic rings. The first-order chi connectivity index (χ1) is 8.66. The van der Waals surface area contributed by atoms with Crippen molar-refractivity contribution in [1.29, 1.82) is 0 Å². The summed E-state index contributed by atoms with van der Waals surface area (Å²) < 4.78 is 5.05. The maximum atomic E-state index is 11.2. The average Bonchev–Trinajstić information content (AvgIpc) is 2.33. The Labute approximate surface area is 110 Å². The van der Waals surface area contributed by atoms with Gasteiger partial charge in [0.05, 0.1) is 6.61 Å². The van der Waals surface area contributed by atoms with E-state index in [1.807, 2.05) is 0 Å². The number of esters is 1. The first-order valence-electron chi connectivity index (χ1n) is 7.02. The molecule has 0 heterocycles. The van der Waals surface area contributed by atoms with E-state index in [0.717, 1.165) is 12.8 Å². The number of carboxylic acids is 1. The second kappa shape index (κ2) is 12.4. The summed E-state index contributed by atoms with van der Waals surface area (Å²) in [5.41, 5.74) is 0. The summed E-state index contributed by atoms with van der Waals surface area (Å²) in [4.78, 5) is 21.4. The molecule has 0 fully saturated rings. The number of carbonyl (C=O) groups is 2. The molecule has 4 heteroatoms. The standard InChI is InChI=1S/C14H26O4/c1-2-3-4-5-6-9-12-18-14(17)11-8-7-10-13(15)16/h2-12H2,1H3,(H,15,16)/p-1. The summed E-state index contributed by atoms with van der Waals surface area (Å²) >= 11 is 0. The van der Waals surface area contributed by atoms with Gasteiger partial charge in [0.2, 0.25) is 0 Å². The molecule has 106 valence electrons. The van der Waals surface area contributed by atoms with Crippen molar-refractivity contribution in [3.63, 3.8) is 0 Å². The molecule has 0 aromatic carbocycles. The number of ether oxygens (including phenoxy) is 1. The van der Waals surface area contributed by atoms with Crippen LogP contribution in [0.1, 0.15) is 71.1 Å². The zero-order valence-corrected chi connectivity index (χ0v) is 11.4. The van der Waals surface area contributed by atoms with E-state index in [2.05, 4.69) is 6.92 Å². The molecule has 0 aromatic heterocycles. The highest BCUT2D eigenvalue weighted by molar-refractivity contribution is 5.69. The predicted molar refractivity (Wildman–Crippen MR) is 67.8 cm³/mol. The van der Waals surface area contributed by atoms with Gasteiger partial charge in [-0.2, -0.15) is 0 Å². The van der Waals surface area contributed by atoms with Crippen LogP contribution < -0.4 is 5.11 Å². The fourth-order valence-electron chi connectivity index (χ4n) is 1.68. The SMILES string of the molecule is CCCCCCCCOC(=O)CCCCC(=O)[O-]. The highest BCUT2D eigenvalue weighted by atomic mass is 16.5. The molecule has 0 N–H and O–H groups in total. The summed E-state index contributed by atoms with van der Waals surface area (Å²) in [6.07, 6.45) is 8.38.